The molecule has 0 bridgehead atoms. The number of β-amino-alcohol motifs (C(OH)–C–C–N with tert-alkyl or cyclic N) is 1. The number of nitrogens with zero attached hydrogens (tertiary/aromatic N) is 7. The fourth-order valence-corrected chi connectivity index (χ4v) is 7.21. The molecular formula is C35H37F2N7O4S. The number of aliphatic hydroxyl groups is 1. The third-order valence-corrected chi connectivity index (χ3v) is 9.94. The number of aromatic nitrogens is 2. The van der Waals surface area contributed by atoms with Gasteiger partial charge in [-0.05, 0) is 55.3 Å². The second-order valence-electron chi connectivity index (χ2n) is 12.5. The van der Waals surface area contributed by atoms with Crippen molar-refractivity contribution in [3.05, 3.63) is 64.7 Å². The summed E-state index contributed by atoms with van der Waals surface area (Å²) in [7, 11) is 1.30. The Bertz CT molecular complexity index is 1920. The molecule has 1 N–H and O–H groups in total. The molecule has 2 aromatic heterocycles. The Hall–Kier alpha value is -4.71. The van der Waals surface area contributed by atoms with E-state index in [1.165, 1.54) is 36.6 Å². The number of carbonyl (C=O) groups excluding carboxylic acids is 2. The van der Waals surface area contributed by atoms with Gasteiger partial charge in [0.15, 0.2) is 10.9 Å². The van der Waals surface area contributed by atoms with E-state index in [2.05, 4.69) is 6.07 Å². The molecule has 2 fully saturated rings. The number of benzene rings is 2. The number of rotatable bonds is 9. The average molecular weight is 690 g/mol. The first-order valence-corrected chi connectivity index (χ1v) is 16.9. The Kier molecular flexibility index (Phi) is 9.78. The van der Waals surface area contributed by atoms with Gasteiger partial charge in [0.05, 0.1) is 25.4 Å². The lowest BCUT2D eigenvalue weighted by Gasteiger charge is -2.42. The largest absolute Gasteiger partial charge is 0.467 e. The number of fused-ring (bicyclic) bond motifs is 1. The number of anilines is 3. The number of thiazole rings is 1. The number of likely N-dealkylation sites (tertiary alicyclic amines) is 1. The smallest absolute Gasteiger partial charge is 0.329 e. The summed E-state index contributed by atoms with van der Waals surface area (Å²) in [5.41, 5.74) is 2.95. The van der Waals surface area contributed by atoms with Crippen molar-refractivity contribution in [3.8, 4) is 17.3 Å². The van der Waals surface area contributed by atoms with Crippen molar-refractivity contribution in [1.29, 1.82) is 5.26 Å². The molecule has 49 heavy (non-hydrogen) atoms. The van der Waals surface area contributed by atoms with Crippen LogP contribution in [0.3, 0.4) is 0 Å². The molecule has 0 saturated carbocycles. The van der Waals surface area contributed by atoms with Crippen LogP contribution in [0.5, 0.6) is 0 Å². The first kappa shape index (κ1) is 34.2. The van der Waals surface area contributed by atoms with Gasteiger partial charge in [-0.3, -0.25) is 9.69 Å². The van der Waals surface area contributed by atoms with E-state index in [-0.39, 0.29) is 30.4 Å². The molecule has 6 rings (SSSR count). The number of carbonyl (C=O) groups is 2. The number of aliphatic hydroxyl groups excluding tert-OH is 1. The standard InChI is InChI=1S/C35H37F2N7O4S/c1-5-43(35-40-32(30(15-38)49-35)21-6-8-22(36)9-7-21)28-14-27(20(2)3)39-33-25(28)12-23(13-26(33)37)44-11-10-41(18-29(44)34(47)48-4)19-31(46)42-16-24(45)17-42/h6-9,12-14,20,24,29,45H,5,10-11,16-19H2,1-4H3/t29-/m0/s1. The number of esters is 1. The highest BCUT2D eigenvalue weighted by Gasteiger charge is 2.37. The Morgan fingerprint density at radius 2 is 1.86 bits per heavy atom. The summed E-state index contributed by atoms with van der Waals surface area (Å²) >= 11 is 1.19. The lowest BCUT2D eigenvalue weighted by Crippen LogP contribution is -2.60. The van der Waals surface area contributed by atoms with Gasteiger partial charge >= 0.3 is 5.97 Å². The normalized spacial score (nSPS) is 16.9. The van der Waals surface area contributed by atoms with Gasteiger partial charge in [0.1, 0.15) is 34.0 Å². The molecule has 4 aromatic rings. The Morgan fingerprint density at radius 3 is 2.49 bits per heavy atom. The van der Waals surface area contributed by atoms with E-state index in [4.69, 9.17) is 14.7 Å². The van der Waals surface area contributed by atoms with Crippen molar-refractivity contribution in [2.45, 2.75) is 38.8 Å². The van der Waals surface area contributed by atoms with Crippen molar-refractivity contribution in [3.63, 3.8) is 0 Å². The van der Waals surface area contributed by atoms with Crippen LogP contribution in [0, 0.1) is 23.0 Å². The topological polar surface area (TPSA) is 126 Å². The summed E-state index contributed by atoms with van der Waals surface area (Å²) < 4.78 is 35.0. The molecule has 2 aromatic carbocycles. The van der Waals surface area contributed by atoms with Gasteiger partial charge in [-0.2, -0.15) is 5.26 Å². The van der Waals surface area contributed by atoms with Crippen LogP contribution in [0.25, 0.3) is 22.2 Å². The Labute approximate surface area is 286 Å². The second-order valence-corrected chi connectivity index (χ2v) is 13.5. The zero-order valence-electron chi connectivity index (χ0n) is 27.7. The molecule has 14 heteroatoms. The molecule has 2 aliphatic rings. The quantitative estimate of drug-likeness (QED) is 0.248. The molecule has 2 saturated heterocycles. The molecule has 0 radical (unpaired) electrons. The Morgan fingerprint density at radius 1 is 1.12 bits per heavy atom. The van der Waals surface area contributed by atoms with Gasteiger partial charge in [-0.15, -0.1) is 0 Å². The molecule has 4 heterocycles. The van der Waals surface area contributed by atoms with Crippen molar-refractivity contribution in [2.24, 2.45) is 0 Å². The average Bonchev–Trinajstić information content (AvgIpc) is 3.51. The maximum atomic E-state index is 16.2. The first-order valence-electron chi connectivity index (χ1n) is 16.1. The van der Waals surface area contributed by atoms with E-state index in [1.807, 2.05) is 42.7 Å². The summed E-state index contributed by atoms with van der Waals surface area (Å²) in [5, 5.41) is 20.6. The van der Waals surface area contributed by atoms with Crippen LogP contribution >= 0.6 is 11.3 Å². The van der Waals surface area contributed by atoms with Crippen LogP contribution in [0.4, 0.5) is 25.3 Å². The van der Waals surface area contributed by atoms with Crippen LogP contribution in [0.1, 0.15) is 37.3 Å². The zero-order valence-corrected chi connectivity index (χ0v) is 28.5. The molecule has 1 amide bonds. The first-order chi connectivity index (χ1) is 23.5. The highest BCUT2D eigenvalue weighted by molar-refractivity contribution is 7.16. The van der Waals surface area contributed by atoms with Gasteiger partial charge in [0.25, 0.3) is 0 Å². The number of ether oxygens (including phenoxy) is 1. The minimum Gasteiger partial charge on any atom is -0.467 e. The summed E-state index contributed by atoms with van der Waals surface area (Å²) in [6, 6.07) is 12.3. The van der Waals surface area contributed by atoms with Gasteiger partial charge in [-0.1, -0.05) is 25.2 Å². The third kappa shape index (κ3) is 6.79. The van der Waals surface area contributed by atoms with Gasteiger partial charge in [-0.25, -0.2) is 23.5 Å². The van der Waals surface area contributed by atoms with Crippen molar-refractivity contribution < 1.29 is 28.2 Å². The lowest BCUT2D eigenvalue weighted by atomic mass is 10.0. The van der Waals surface area contributed by atoms with Gasteiger partial charge in [0.2, 0.25) is 5.91 Å². The van der Waals surface area contributed by atoms with Crippen molar-refractivity contribution in [1.82, 2.24) is 19.8 Å². The number of halogens is 2. The van der Waals surface area contributed by atoms with Gasteiger partial charge < -0.3 is 24.5 Å². The SMILES string of the molecule is CCN(c1nc(-c2ccc(F)cc2)c(C#N)s1)c1cc(C(C)C)nc2c(F)cc(N3CCN(CC(=O)N4CC(O)C4)C[C@H]3C(=O)OC)cc12. The summed E-state index contributed by atoms with van der Waals surface area (Å²) in [5.74, 6) is -1.62. The van der Waals surface area contributed by atoms with Crippen LogP contribution < -0.4 is 9.80 Å². The van der Waals surface area contributed by atoms with E-state index in [0.717, 1.165) is 0 Å². The number of methoxy groups -OCH3 is 1. The molecule has 0 spiro atoms. The summed E-state index contributed by atoms with van der Waals surface area (Å²) in [4.78, 5) is 42.9. The van der Waals surface area contributed by atoms with Crippen LogP contribution in [0.2, 0.25) is 0 Å². The minimum absolute atomic E-state index is 0.0271. The monoisotopic (exact) mass is 689 g/mol. The number of hydrogen-bond acceptors (Lipinski definition) is 11. The summed E-state index contributed by atoms with van der Waals surface area (Å²) in [6.45, 7) is 7.94. The minimum atomic E-state index is -0.811. The van der Waals surface area contributed by atoms with E-state index >= 15 is 4.39 Å². The molecule has 256 valence electrons. The highest BCUT2D eigenvalue weighted by Crippen LogP contribution is 2.41. The maximum Gasteiger partial charge on any atom is 0.329 e. The predicted molar refractivity (Wildman–Crippen MR) is 183 cm³/mol. The second kappa shape index (κ2) is 14.0. The molecule has 2 aliphatic heterocycles. The number of piperazine rings is 1. The molecule has 0 unspecified atom stereocenters. The van der Waals surface area contributed by atoms with Crippen molar-refractivity contribution in [2.75, 3.05) is 62.7 Å². The number of nitriles is 1. The predicted octanol–water partition coefficient (Wildman–Crippen LogP) is 4.66. The molecule has 11 nitrogen and oxygen atoms in total. The fourth-order valence-electron chi connectivity index (χ4n) is 6.25. The van der Waals surface area contributed by atoms with Crippen LogP contribution in [-0.2, 0) is 14.3 Å². The van der Waals surface area contributed by atoms with Crippen LogP contribution in [0.15, 0.2) is 42.5 Å². The lowest BCUT2D eigenvalue weighted by molar-refractivity contribution is -0.146. The van der Waals surface area contributed by atoms with E-state index in [0.29, 0.717) is 76.4 Å². The molecular weight excluding hydrogens is 652 g/mol. The van der Waals surface area contributed by atoms with Crippen molar-refractivity contribution >= 4 is 50.6 Å². The van der Waals surface area contributed by atoms with E-state index < -0.39 is 29.7 Å². The zero-order chi connectivity index (χ0) is 35.0. The fraction of sp³-hybridized carbons (Fsp3) is 0.400. The van der Waals surface area contributed by atoms with E-state index in [9.17, 15) is 24.3 Å². The van der Waals surface area contributed by atoms with Crippen LogP contribution in [-0.4, -0.2) is 102 Å². The number of amides is 1. The Balaban J connectivity index is 1.40. The summed E-state index contributed by atoms with van der Waals surface area (Å²) in [6.07, 6.45) is -0.508. The number of pyridine rings is 1. The molecule has 0 aliphatic carbocycles. The van der Waals surface area contributed by atoms with E-state index in [1.54, 1.807) is 21.9 Å². The molecule has 1 atom stereocenters. The van der Waals surface area contributed by atoms with Gasteiger partial charge in [0, 0.05) is 61.6 Å². The highest BCUT2D eigenvalue weighted by atomic mass is 32.1. The number of hydrogen-bond donors (Lipinski definition) is 1. The maximum absolute atomic E-state index is 16.2. The third-order valence-electron chi connectivity index (χ3n) is 8.96.